The van der Waals surface area contributed by atoms with Crippen LogP contribution in [0.15, 0.2) is 28.0 Å². The molecule has 0 aliphatic rings. The number of hydrogen-bond donors (Lipinski definition) is 1. The molecule has 2 aromatic heterocycles. The number of hydrogen-bond acceptors (Lipinski definition) is 4. The molecule has 0 fully saturated rings. The van der Waals surface area contributed by atoms with E-state index < -0.39 is 0 Å². The van der Waals surface area contributed by atoms with E-state index in [-0.39, 0.29) is 5.91 Å². The summed E-state index contributed by atoms with van der Waals surface area (Å²) in [4.78, 5) is 17.0. The van der Waals surface area contributed by atoms with Crippen LogP contribution in [0.1, 0.15) is 38.6 Å². The van der Waals surface area contributed by atoms with Gasteiger partial charge in [-0.3, -0.25) is 10.1 Å². The van der Waals surface area contributed by atoms with E-state index in [4.69, 9.17) is 4.42 Å². The maximum atomic E-state index is 12.5. The summed E-state index contributed by atoms with van der Waals surface area (Å²) in [7, 11) is 0. The highest BCUT2D eigenvalue weighted by Gasteiger charge is 2.19. The Labute approximate surface area is 145 Å². The second-order valence-electron chi connectivity index (χ2n) is 6.01. The van der Waals surface area contributed by atoms with Crippen molar-refractivity contribution in [3.8, 4) is 11.3 Å². The molecule has 0 atom stereocenters. The molecule has 0 bridgehead atoms. The first kappa shape index (κ1) is 16.5. The van der Waals surface area contributed by atoms with Gasteiger partial charge in [-0.15, -0.1) is 11.3 Å². The second-order valence-corrected chi connectivity index (χ2v) is 6.86. The Morgan fingerprint density at radius 2 is 1.83 bits per heavy atom. The maximum Gasteiger partial charge on any atom is 0.261 e. The summed E-state index contributed by atoms with van der Waals surface area (Å²) in [5.41, 5.74) is 5.87. The van der Waals surface area contributed by atoms with E-state index in [9.17, 15) is 4.79 Å². The van der Waals surface area contributed by atoms with E-state index in [0.717, 1.165) is 22.6 Å². The van der Waals surface area contributed by atoms with Crippen LogP contribution in [0.5, 0.6) is 0 Å². The van der Waals surface area contributed by atoms with E-state index in [1.807, 2.05) is 19.2 Å². The molecule has 0 unspecified atom stereocenters. The minimum absolute atomic E-state index is 0.178. The van der Waals surface area contributed by atoms with E-state index in [1.165, 1.54) is 22.5 Å². The Balaban J connectivity index is 1.83. The zero-order valence-corrected chi connectivity index (χ0v) is 15.3. The number of carbonyl (C=O) groups is 1. The number of furan rings is 1. The van der Waals surface area contributed by atoms with Crippen LogP contribution in [-0.2, 0) is 0 Å². The number of amides is 1. The van der Waals surface area contributed by atoms with Crippen LogP contribution < -0.4 is 5.32 Å². The molecule has 1 amide bonds. The summed E-state index contributed by atoms with van der Waals surface area (Å²) in [6.07, 6.45) is 0. The normalized spacial score (nSPS) is 10.9. The molecule has 124 valence electrons. The molecule has 2 heterocycles. The highest BCUT2D eigenvalue weighted by atomic mass is 32.1. The van der Waals surface area contributed by atoms with Crippen LogP contribution in [0.25, 0.3) is 11.3 Å². The third-order valence-electron chi connectivity index (χ3n) is 4.32. The Hall–Kier alpha value is -2.40. The first-order chi connectivity index (χ1) is 11.4. The van der Waals surface area contributed by atoms with Crippen molar-refractivity contribution in [2.24, 2.45) is 0 Å². The molecule has 0 saturated carbocycles. The van der Waals surface area contributed by atoms with Crippen LogP contribution in [0.2, 0.25) is 0 Å². The monoisotopic (exact) mass is 340 g/mol. The first-order valence-electron chi connectivity index (χ1n) is 7.78. The summed E-state index contributed by atoms with van der Waals surface area (Å²) in [5, 5.41) is 5.42. The topological polar surface area (TPSA) is 55.1 Å². The van der Waals surface area contributed by atoms with Crippen LogP contribution in [0, 0.1) is 34.6 Å². The molecule has 4 nitrogen and oxygen atoms in total. The van der Waals surface area contributed by atoms with Gasteiger partial charge in [0.2, 0.25) is 0 Å². The minimum Gasteiger partial charge on any atom is -0.466 e. The summed E-state index contributed by atoms with van der Waals surface area (Å²) in [6, 6.07) is 6.25. The summed E-state index contributed by atoms with van der Waals surface area (Å²) < 4.78 is 5.53. The number of benzene rings is 1. The average molecular weight is 340 g/mol. The van der Waals surface area contributed by atoms with Crippen LogP contribution in [-0.4, -0.2) is 10.9 Å². The number of anilines is 1. The number of nitrogens with one attached hydrogen (secondary N) is 1. The fourth-order valence-corrected chi connectivity index (χ4v) is 3.37. The SMILES string of the molecule is Cc1ccc(-c2csc(NC(=O)c3c(C)oc(C)c3C)n2)cc1C. The maximum absolute atomic E-state index is 12.5. The van der Waals surface area contributed by atoms with Crippen LogP contribution in [0.4, 0.5) is 5.13 Å². The Kier molecular flexibility index (Phi) is 4.28. The molecule has 0 aliphatic heterocycles. The lowest BCUT2D eigenvalue weighted by atomic mass is 10.1. The lowest BCUT2D eigenvalue weighted by Crippen LogP contribution is -2.13. The Bertz CT molecular complexity index is 922. The van der Waals surface area contributed by atoms with Gasteiger partial charge >= 0.3 is 0 Å². The number of aryl methyl sites for hydroxylation is 4. The van der Waals surface area contributed by atoms with Crippen molar-refractivity contribution >= 4 is 22.4 Å². The number of carbonyl (C=O) groups excluding carboxylic acids is 1. The Morgan fingerprint density at radius 3 is 2.46 bits per heavy atom. The van der Waals surface area contributed by atoms with Crippen molar-refractivity contribution in [1.82, 2.24) is 4.98 Å². The van der Waals surface area contributed by atoms with Crippen molar-refractivity contribution in [1.29, 1.82) is 0 Å². The fraction of sp³-hybridized carbons (Fsp3) is 0.263. The number of rotatable bonds is 3. The van der Waals surface area contributed by atoms with Gasteiger partial charge in [0.25, 0.3) is 5.91 Å². The summed E-state index contributed by atoms with van der Waals surface area (Å²) in [6.45, 7) is 9.73. The highest BCUT2D eigenvalue weighted by Crippen LogP contribution is 2.28. The van der Waals surface area contributed by atoms with Crippen molar-refractivity contribution in [2.45, 2.75) is 34.6 Å². The van der Waals surface area contributed by atoms with Crippen LogP contribution >= 0.6 is 11.3 Å². The molecule has 0 aliphatic carbocycles. The zero-order chi connectivity index (χ0) is 17.4. The van der Waals surface area contributed by atoms with Crippen molar-refractivity contribution in [3.63, 3.8) is 0 Å². The lowest BCUT2D eigenvalue weighted by molar-refractivity contribution is 0.102. The number of nitrogens with zero attached hydrogens (tertiary/aromatic N) is 1. The van der Waals surface area contributed by atoms with Gasteiger partial charge in [0.15, 0.2) is 5.13 Å². The predicted molar refractivity (Wildman–Crippen MR) is 97.9 cm³/mol. The summed E-state index contributed by atoms with van der Waals surface area (Å²) >= 11 is 1.42. The lowest BCUT2D eigenvalue weighted by Gasteiger charge is -2.03. The fourth-order valence-electron chi connectivity index (χ4n) is 2.65. The van der Waals surface area contributed by atoms with E-state index >= 15 is 0 Å². The molecule has 0 spiro atoms. The van der Waals surface area contributed by atoms with Gasteiger partial charge in [0, 0.05) is 16.5 Å². The van der Waals surface area contributed by atoms with E-state index in [0.29, 0.717) is 16.5 Å². The smallest absolute Gasteiger partial charge is 0.261 e. The first-order valence-corrected chi connectivity index (χ1v) is 8.66. The molecule has 3 aromatic rings. The minimum atomic E-state index is -0.178. The van der Waals surface area contributed by atoms with Gasteiger partial charge in [-0.2, -0.15) is 0 Å². The third kappa shape index (κ3) is 2.99. The molecule has 0 radical (unpaired) electrons. The molecular weight excluding hydrogens is 320 g/mol. The van der Waals surface area contributed by atoms with Crippen molar-refractivity contribution in [2.75, 3.05) is 5.32 Å². The molecule has 1 aromatic carbocycles. The zero-order valence-electron chi connectivity index (χ0n) is 14.5. The largest absolute Gasteiger partial charge is 0.466 e. The molecule has 0 saturated heterocycles. The standard InChI is InChI=1S/C19H20N2O2S/c1-10-6-7-15(8-11(10)2)16-9-24-19(20-16)21-18(22)17-12(3)13(4)23-14(17)5/h6-9H,1-5H3,(H,20,21,22). The van der Waals surface area contributed by atoms with Gasteiger partial charge in [0.05, 0.1) is 11.3 Å². The molecule has 1 N–H and O–H groups in total. The quantitative estimate of drug-likeness (QED) is 0.713. The number of aromatic nitrogens is 1. The van der Waals surface area contributed by atoms with Gasteiger partial charge in [-0.1, -0.05) is 12.1 Å². The molecule has 5 heteroatoms. The van der Waals surface area contributed by atoms with Crippen LogP contribution in [0.3, 0.4) is 0 Å². The summed E-state index contributed by atoms with van der Waals surface area (Å²) in [5.74, 6) is 1.23. The Morgan fingerprint density at radius 1 is 1.08 bits per heavy atom. The van der Waals surface area contributed by atoms with E-state index in [1.54, 1.807) is 6.92 Å². The third-order valence-corrected chi connectivity index (χ3v) is 5.07. The van der Waals surface area contributed by atoms with Gasteiger partial charge in [0.1, 0.15) is 11.5 Å². The molecule has 3 rings (SSSR count). The van der Waals surface area contributed by atoms with Crippen molar-refractivity contribution < 1.29 is 9.21 Å². The van der Waals surface area contributed by atoms with Gasteiger partial charge < -0.3 is 4.42 Å². The van der Waals surface area contributed by atoms with E-state index in [2.05, 4.69) is 42.3 Å². The predicted octanol–water partition coefficient (Wildman–Crippen LogP) is 5.20. The molecule has 24 heavy (non-hydrogen) atoms. The van der Waals surface area contributed by atoms with Crippen molar-refractivity contribution in [3.05, 3.63) is 57.4 Å². The molecular formula is C19H20N2O2S. The second kappa shape index (κ2) is 6.24. The van der Waals surface area contributed by atoms with Gasteiger partial charge in [-0.05, 0) is 51.8 Å². The average Bonchev–Trinajstić information content (AvgIpc) is 3.07. The highest BCUT2D eigenvalue weighted by molar-refractivity contribution is 7.14. The van der Waals surface area contributed by atoms with Gasteiger partial charge in [-0.25, -0.2) is 4.98 Å². The number of thiazole rings is 1.